The number of carbonyl (C=O) groups excluding carboxylic acids is 4. The van der Waals surface area contributed by atoms with Crippen LogP contribution in [0.2, 0.25) is 0 Å². The molecule has 292 valence electrons. The molecule has 1 atom stereocenters. The quantitative estimate of drug-likeness (QED) is 0.0835. The molecule has 0 aliphatic carbocycles. The van der Waals surface area contributed by atoms with Crippen LogP contribution in [0.25, 0.3) is 10.9 Å². The van der Waals surface area contributed by atoms with Gasteiger partial charge in [-0.1, -0.05) is 52.0 Å². The number of Topliss-reactive ketones (excluding diaryl/α,β-unsaturated/α-hetero) is 2. The van der Waals surface area contributed by atoms with Gasteiger partial charge in [0.15, 0.2) is 5.78 Å². The first kappa shape index (κ1) is 43.5. The summed E-state index contributed by atoms with van der Waals surface area (Å²) < 4.78 is 24.4. The van der Waals surface area contributed by atoms with Gasteiger partial charge in [0.05, 0.1) is 10.9 Å². The minimum absolute atomic E-state index is 0.00427. The van der Waals surface area contributed by atoms with Crippen LogP contribution in [0.1, 0.15) is 91.2 Å². The van der Waals surface area contributed by atoms with E-state index in [0.717, 1.165) is 53.5 Å². The number of carboxylic acid groups (broad SMARTS) is 1. The number of aliphatic carboxylic acids is 1. The third-order valence-corrected chi connectivity index (χ3v) is 9.13. The van der Waals surface area contributed by atoms with Gasteiger partial charge in [0.1, 0.15) is 30.8 Å². The van der Waals surface area contributed by atoms with E-state index in [2.05, 4.69) is 31.0 Å². The lowest BCUT2D eigenvalue weighted by atomic mass is 9.87. The molecule has 1 aromatic heterocycles. The molecule has 2 heterocycles. The second-order valence-corrected chi connectivity index (χ2v) is 15.1. The number of hydrogen-bond acceptors (Lipinski definition) is 8. The van der Waals surface area contributed by atoms with Crippen molar-refractivity contribution >= 4 is 40.3 Å². The maximum absolute atomic E-state index is 13.9. The lowest BCUT2D eigenvalue weighted by molar-refractivity contribution is -0.159. The van der Waals surface area contributed by atoms with Crippen molar-refractivity contribution in [3.63, 3.8) is 0 Å². The first-order valence-electron chi connectivity index (χ1n) is 18.8. The molecular weight excluding hydrogens is 691 g/mol. The van der Waals surface area contributed by atoms with Gasteiger partial charge >= 0.3 is 11.9 Å². The molecular formula is C43H55FN2O8. The predicted molar refractivity (Wildman–Crippen MR) is 205 cm³/mol. The molecule has 4 rings (SSSR count). The average Bonchev–Trinajstić information content (AvgIpc) is 3.14. The number of aryl methyl sites for hydroxylation is 2. The fourth-order valence-electron chi connectivity index (χ4n) is 5.75. The highest BCUT2D eigenvalue weighted by atomic mass is 19.1. The topological polar surface area (TPSA) is 140 Å². The van der Waals surface area contributed by atoms with Crippen LogP contribution in [0.5, 0.6) is 5.75 Å². The largest absolute Gasteiger partial charge is 0.486 e. The molecule has 1 N–H and O–H groups in total. The number of pyridine rings is 1. The number of fused-ring (bicyclic) bond motifs is 1. The van der Waals surface area contributed by atoms with Crippen molar-refractivity contribution in [2.45, 2.75) is 99.0 Å². The summed E-state index contributed by atoms with van der Waals surface area (Å²) in [4.78, 5) is 65.5. The number of para-hydroxylation sites is 1. The molecule has 1 saturated heterocycles. The van der Waals surface area contributed by atoms with Crippen molar-refractivity contribution in [3.8, 4) is 5.75 Å². The van der Waals surface area contributed by atoms with E-state index in [0.29, 0.717) is 30.9 Å². The summed E-state index contributed by atoms with van der Waals surface area (Å²) in [5.41, 5.74) is 1.81. The number of carboxylic acids is 1. The number of ether oxygens (including phenoxy) is 2. The maximum atomic E-state index is 13.9. The summed E-state index contributed by atoms with van der Waals surface area (Å²) >= 11 is 0. The summed E-state index contributed by atoms with van der Waals surface area (Å²) in [6, 6.07) is 13.9. The summed E-state index contributed by atoms with van der Waals surface area (Å²) in [7, 11) is 0. The first-order chi connectivity index (χ1) is 25.6. The fourth-order valence-corrected chi connectivity index (χ4v) is 5.75. The SMILES string of the molecule is CC(C)C(=O)COc1cc(F)cc(CCCc2cnc3ccccc3c2)c1.CC(C)CC/C=C\C(=O)OCC(C)(C)C(=O)C(=O)N1CCCC[C@H]1C(=O)O. The van der Waals surface area contributed by atoms with Crippen LogP contribution in [0.3, 0.4) is 0 Å². The standard InChI is InChI=1S/C23H24FNO2.C20H31NO6/c1-16(2)23(26)15-27-21-12-17(11-20(24)13-21)6-5-7-18-10-19-8-3-4-9-22(19)25-14-18;1-14(2)9-5-6-11-16(22)27-13-20(3,4)17(23)18(24)21-12-8-7-10-15(21)19(25)26/h3-4,8-14,16H,5-7,15H2,1-2H3;6,11,14-15H,5,7-10,12-13H2,1-4H3,(H,25,26)/b;11-6-/t;15-/m.0/s1. The molecule has 10 nitrogen and oxygen atoms in total. The minimum atomic E-state index is -1.22. The minimum Gasteiger partial charge on any atom is -0.486 e. The van der Waals surface area contributed by atoms with Crippen LogP contribution < -0.4 is 4.74 Å². The maximum Gasteiger partial charge on any atom is 0.330 e. The zero-order valence-electron chi connectivity index (χ0n) is 32.4. The molecule has 0 saturated carbocycles. The number of ketones is 2. The number of amides is 1. The number of rotatable bonds is 17. The summed E-state index contributed by atoms with van der Waals surface area (Å²) in [6.07, 6.45) is 10.9. The third-order valence-electron chi connectivity index (χ3n) is 9.13. The number of allylic oxidation sites excluding steroid dienone is 1. The van der Waals surface area contributed by atoms with Gasteiger partial charge in [-0.3, -0.25) is 19.4 Å². The highest BCUT2D eigenvalue weighted by molar-refractivity contribution is 6.38. The number of aromatic nitrogens is 1. The van der Waals surface area contributed by atoms with Crippen LogP contribution in [0, 0.1) is 23.1 Å². The monoisotopic (exact) mass is 746 g/mol. The fraction of sp³-hybridized carbons (Fsp3) is 0.488. The van der Waals surface area contributed by atoms with Crippen molar-refractivity contribution in [3.05, 3.63) is 83.8 Å². The Bertz CT molecular complexity index is 1780. The zero-order chi connectivity index (χ0) is 39.8. The van der Waals surface area contributed by atoms with E-state index in [1.807, 2.05) is 44.3 Å². The third kappa shape index (κ3) is 14.1. The molecule has 0 spiro atoms. The van der Waals surface area contributed by atoms with Crippen LogP contribution in [0.4, 0.5) is 4.39 Å². The number of carbonyl (C=O) groups is 5. The van der Waals surface area contributed by atoms with E-state index in [4.69, 9.17) is 9.47 Å². The van der Waals surface area contributed by atoms with Crippen molar-refractivity contribution in [2.24, 2.45) is 17.3 Å². The normalized spacial score (nSPS) is 14.5. The van der Waals surface area contributed by atoms with Crippen molar-refractivity contribution in [2.75, 3.05) is 19.8 Å². The highest BCUT2D eigenvalue weighted by Gasteiger charge is 2.41. The molecule has 1 aliphatic heterocycles. The van der Waals surface area contributed by atoms with Crippen molar-refractivity contribution in [1.29, 1.82) is 0 Å². The average molecular weight is 747 g/mol. The van der Waals surface area contributed by atoms with Crippen LogP contribution in [-0.4, -0.2) is 70.2 Å². The van der Waals surface area contributed by atoms with Gasteiger partial charge in [0, 0.05) is 36.2 Å². The van der Waals surface area contributed by atoms with Gasteiger partial charge in [-0.05, 0) is 107 Å². The van der Waals surface area contributed by atoms with E-state index in [1.165, 1.54) is 37.6 Å². The van der Waals surface area contributed by atoms with Gasteiger partial charge in [0.2, 0.25) is 5.78 Å². The Morgan fingerprint density at radius 1 is 1.00 bits per heavy atom. The number of piperidine rings is 1. The lowest BCUT2D eigenvalue weighted by Crippen LogP contribution is -2.53. The molecule has 1 fully saturated rings. The summed E-state index contributed by atoms with van der Waals surface area (Å²) in [6.45, 7) is 10.8. The van der Waals surface area contributed by atoms with Gasteiger partial charge in [-0.15, -0.1) is 0 Å². The predicted octanol–water partition coefficient (Wildman–Crippen LogP) is 7.74. The smallest absolute Gasteiger partial charge is 0.330 e. The molecule has 0 bridgehead atoms. The summed E-state index contributed by atoms with van der Waals surface area (Å²) in [5.74, 6) is -2.71. The Morgan fingerprint density at radius 2 is 1.72 bits per heavy atom. The highest BCUT2D eigenvalue weighted by Crippen LogP contribution is 2.24. The molecule has 54 heavy (non-hydrogen) atoms. The second kappa shape index (κ2) is 21.1. The zero-order valence-corrected chi connectivity index (χ0v) is 32.4. The van der Waals surface area contributed by atoms with Gasteiger partial charge in [-0.2, -0.15) is 0 Å². The van der Waals surface area contributed by atoms with Crippen molar-refractivity contribution in [1.82, 2.24) is 9.88 Å². The first-order valence-corrected chi connectivity index (χ1v) is 18.8. The number of nitrogens with zero attached hydrogens (tertiary/aromatic N) is 2. The lowest BCUT2D eigenvalue weighted by Gasteiger charge is -2.34. The number of esters is 1. The van der Waals surface area contributed by atoms with Crippen LogP contribution in [-0.2, 0) is 41.6 Å². The number of halogens is 1. The van der Waals surface area contributed by atoms with E-state index in [1.54, 1.807) is 6.08 Å². The van der Waals surface area contributed by atoms with Gasteiger partial charge in [-0.25, -0.2) is 14.0 Å². The molecule has 11 heteroatoms. The molecule has 1 amide bonds. The van der Waals surface area contributed by atoms with Crippen LogP contribution in [0.15, 0.2) is 66.9 Å². The molecule has 0 radical (unpaired) electrons. The van der Waals surface area contributed by atoms with E-state index >= 15 is 0 Å². The Hall–Kier alpha value is -4.93. The van der Waals surface area contributed by atoms with Crippen LogP contribution >= 0.6 is 0 Å². The van der Waals surface area contributed by atoms with Gasteiger partial charge < -0.3 is 19.5 Å². The van der Waals surface area contributed by atoms with E-state index in [9.17, 15) is 33.5 Å². The van der Waals surface area contributed by atoms with E-state index < -0.39 is 35.1 Å². The molecule has 0 unspecified atom stereocenters. The summed E-state index contributed by atoms with van der Waals surface area (Å²) in [5, 5.41) is 10.4. The Morgan fingerprint density at radius 3 is 2.43 bits per heavy atom. The number of hydrogen-bond donors (Lipinski definition) is 1. The molecule has 2 aromatic carbocycles. The Balaban J connectivity index is 0.000000290. The Kier molecular flexibility index (Phi) is 17.0. The Labute approximate surface area is 318 Å². The van der Waals surface area contributed by atoms with E-state index in [-0.39, 0.29) is 37.3 Å². The molecule has 1 aliphatic rings. The van der Waals surface area contributed by atoms with Gasteiger partial charge in [0.25, 0.3) is 5.91 Å². The molecule has 3 aromatic rings. The number of likely N-dealkylation sites (tertiary alicyclic amines) is 1. The second-order valence-electron chi connectivity index (χ2n) is 15.1. The van der Waals surface area contributed by atoms with Crippen molar-refractivity contribution < 1.29 is 42.9 Å². The number of benzene rings is 2.